The van der Waals surface area contributed by atoms with Crippen LogP contribution in [0.1, 0.15) is 35.9 Å². The van der Waals surface area contributed by atoms with Gasteiger partial charge in [-0.25, -0.2) is 0 Å². The van der Waals surface area contributed by atoms with Gasteiger partial charge in [0, 0.05) is 32.6 Å². The van der Waals surface area contributed by atoms with E-state index in [0.29, 0.717) is 44.4 Å². The number of piperazine rings is 1. The van der Waals surface area contributed by atoms with Crippen LogP contribution in [0.3, 0.4) is 0 Å². The van der Waals surface area contributed by atoms with Crippen LogP contribution in [-0.2, 0) is 4.79 Å². The van der Waals surface area contributed by atoms with Crippen molar-refractivity contribution in [3.8, 4) is 0 Å². The topological polar surface area (TPSA) is 52.7 Å². The van der Waals surface area contributed by atoms with Crippen molar-refractivity contribution >= 4 is 23.2 Å². The van der Waals surface area contributed by atoms with Crippen LogP contribution >= 0.6 is 11.3 Å². The lowest BCUT2D eigenvalue weighted by Crippen LogP contribution is -2.50. The molecule has 5 nitrogen and oxygen atoms in total. The fourth-order valence-electron chi connectivity index (χ4n) is 3.70. The Morgan fingerprint density at radius 1 is 1.21 bits per heavy atom. The molecule has 1 N–H and O–H groups in total. The lowest BCUT2D eigenvalue weighted by Gasteiger charge is -2.36. The maximum atomic E-state index is 12.6. The van der Waals surface area contributed by atoms with Crippen LogP contribution in [0.4, 0.5) is 0 Å². The second-order valence-electron chi connectivity index (χ2n) is 6.92. The van der Waals surface area contributed by atoms with Crippen molar-refractivity contribution in [3.63, 3.8) is 0 Å². The molecule has 2 aliphatic rings. The van der Waals surface area contributed by atoms with Crippen molar-refractivity contribution in [1.29, 1.82) is 0 Å². The minimum atomic E-state index is 0.0974. The largest absolute Gasteiger partial charge is 0.339 e. The molecule has 132 valence electrons. The fraction of sp³-hybridized carbons (Fsp3) is 0.667. The number of rotatable bonds is 4. The Labute approximate surface area is 148 Å². The summed E-state index contributed by atoms with van der Waals surface area (Å²) in [7, 11) is 0. The Morgan fingerprint density at radius 2 is 1.88 bits per heavy atom. The standard InChI is InChI=1S/C18H27N3O2S/c1-14(15-4-6-19-7-5-15)13-17(22)20-8-10-21(11-9-20)18(23)16-3-2-12-24-16/h2-3,12,14-15,19H,4-11,13H2,1H3. The summed E-state index contributed by atoms with van der Waals surface area (Å²) in [5.74, 6) is 1.46. The van der Waals surface area contributed by atoms with Crippen LogP contribution in [0, 0.1) is 11.8 Å². The molecule has 2 saturated heterocycles. The van der Waals surface area contributed by atoms with Gasteiger partial charge in [-0.3, -0.25) is 9.59 Å². The average Bonchev–Trinajstić information content (AvgIpc) is 3.16. The second-order valence-corrected chi connectivity index (χ2v) is 7.87. The van der Waals surface area contributed by atoms with E-state index in [1.807, 2.05) is 27.3 Å². The van der Waals surface area contributed by atoms with Gasteiger partial charge in [0.25, 0.3) is 5.91 Å². The minimum absolute atomic E-state index is 0.0974. The Morgan fingerprint density at radius 3 is 2.50 bits per heavy atom. The third-order valence-corrected chi connectivity index (χ3v) is 6.19. The van der Waals surface area contributed by atoms with E-state index in [9.17, 15) is 9.59 Å². The SMILES string of the molecule is CC(CC(=O)N1CCN(C(=O)c2cccs2)CC1)C1CCNCC1. The van der Waals surface area contributed by atoms with Crippen molar-refractivity contribution in [2.24, 2.45) is 11.8 Å². The molecule has 24 heavy (non-hydrogen) atoms. The van der Waals surface area contributed by atoms with E-state index in [4.69, 9.17) is 0 Å². The molecule has 0 aliphatic carbocycles. The molecule has 2 amide bonds. The average molecular weight is 350 g/mol. The summed E-state index contributed by atoms with van der Waals surface area (Å²) in [5, 5.41) is 5.31. The molecule has 0 bridgehead atoms. The number of thiophene rings is 1. The zero-order chi connectivity index (χ0) is 16.9. The molecular weight excluding hydrogens is 322 g/mol. The molecule has 0 radical (unpaired) electrons. The van der Waals surface area contributed by atoms with Crippen LogP contribution < -0.4 is 5.32 Å². The highest BCUT2D eigenvalue weighted by molar-refractivity contribution is 7.12. The molecule has 0 saturated carbocycles. The summed E-state index contributed by atoms with van der Waals surface area (Å²) in [6.07, 6.45) is 3.00. The van der Waals surface area contributed by atoms with Gasteiger partial charge < -0.3 is 15.1 Å². The normalized spacial score (nSPS) is 20.9. The van der Waals surface area contributed by atoms with Crippen molar-refractivity contribution in [2.45, 2.75) is 26.2 Å². The molecule has 3 rings (SSSR count). The number of hydrogen-bond donors (Lipinski definition) is 1. The van der Waals surface area contributed by atoms with Crippen molar-refractivity contribution in [3.05, 3.63) is 22.4 Å². The first kappa shape index (κ1) is 17.4. The summed E-state index contributed by atoms with van der Waals surface area (Å²) in [4.78, 5) is 29.5. The predicted octanol–water partition coefficient (Wildman–Crippen LogP) is 2.06. The minimum Gasteiger partial charge on any atom is -0.339 e. The fourth-order valence-corrected chi connectivity index (χ4v) is 4.39. The summed E-state index contributed by atoms with van der Waals surface area (Å²) < 4.78 is 0. The summed E-state index contributed by atoms with van der Waals surface area (Å²) >= 11 is 1.48. The van der Waals surface area contributed by atoms with Gasteiger partial charge in [-0.15, -0.1) is 11.3 Å². The van der Waals surface area contributed by atoms with E-state index in [2.05, 4.69) is 12.2 Å². The van der Waals surface area contributed by atoms with Crippen LogP contribution in [-0.4, -0.2) is 60.9 Å². The van der Waals surface area contributed by atoms with E-state index in [0.717, 1.165) is 18.0 Å². The summed E-state index contributed by atoms with van der Waals surface area (Å²) in [5.41, 5.74) is 0. The van der Waals surface area contributed by atoms with Gasteiger partial charge in [0.2, 0.25) is 5.91 Å². The van der Waals surface area contributed by atoms with Gasteiger partial charge in [-0.2, -0.15) is 0 Å². The Kier molecular flexibility index (Phi) is 5.89. The van der Waals surface area contributed by atoms with Gasteiger partial charge in [-0.1, -0.05) is 13.0 Å². The second kappa shape index (κ2) is 8.12. The molecule has 1 atom stereocenters. The number of nitrogens with one attached hydrogen (secondary N) is 1. The zero-order valence-corrected chi connectivity index (χ0v) is 15.2. The van der Waals surface area contributed by atoms with E-state index < -0.39 is 0 Å². The number of carbonyl (C=O) groups is 2. The van der Waals surface area contributed by atoms with Crippen LogP contribution in [0.2, 0.25) is 0 Å². The van der Waals surface area contributed by atoms with Gasteiger partial charge in [0.1, 0.15) is 0 Å². The van der Waals surface area contributed by atoms with Crippen molar-refractivity contribution < 1.29 is 9.59 Å². The molecule has 0 spiro atoms. The third kappa shape index (κ3) is 4.16. The summed E-state index contributed by atoms with van der Waals surface area (Å²) in [6, 6.07) is 3.77. The first-order chi connectivity index (χ1) is 11.6. The molecule has 2 aliphatic heterocycles. The van der Waals surface area contributed by atoms with E-state index in [1.54, 1.807) is 0 Å². The number of amides is 2. The molecule has 3 heterocycles. The predicted molar refractivity (Wildman–Crippen MR) is 96.2 cm³/mol. The molecule has 1 aromatic rings. The highest BCUT2D eigenvalue weighted by Crippen LogP contribution is 2.25. The number of hydrogen-bond acceptors (Lipinski definition) is 4. The maximum Gasteiger partial charge on any atom is 0.264 e. The molecular formula is C18H27N3O2S. The molecule has 2 fully saturated rings. The zero-order valence-electron chi connectivity index (χ0n) is 14.4. The lowest BCUT2D eigenvalue weighted by molar-refractivity contribution is -0.134. The molecule has 6 heteroatoms. The number of piperidine rings is 1. The quantitative estimate of drug-likeness (QED) is 0.905. The third-order valence-electron chi connectivity index (χ3n) is 5.34. The van der Waals surface area contributed by atoms with Gasteiger partial charge in [0.05, 0.1) is 4.88 Å². The van der Waals surface area contributed by atoms with Crippen molar-refractivity contribution in [2.75, 3.05) is 39.3 Å². The monoisotopic (exact) mass is 349 g/mol. The van der Waals surface area contributed by atoms with E-state index >= 15 is 0 Å². The number of carbonyl (C=O) groups excluding carboxylic acids is 2. The molecule has 1 aromatic heterocycles. The first-order valence-electron chi connectivity index (χ1n) is 8.96. The first-order valence-corrected chi connectivity index (χ1v) is 9.84. The van der Waals surface area contributed by atoms with Gasteiger partial charge in [0.15, 0.2) is 0 Å². The van der Waals surface area contributed by atoms with Gasteiger partial charge in [-0.05, 0) is 49.2 Å². The molecule has 1 unspecified atom stereocenters. The summed E-state index contributed by atoms with van der Waals surface area (Å²) in [6.45, 7) is 6.97. The van der Waals surface area contributed by atoms with Crippen molar-refractivity contribution in [1.82, 2.24) is 15.1 Å². The smallest absolute Gasteiger partial charge is 0.264 e. The van der Waals surface area contributed by atoms with Crippen LogP contribution in [0.25, 0.3) is 0 Å². The van der Waals surface area contributed by atoms with Crippen LogP contribution in [0.15, 0.2) is 17.5 Å². The van der Waals surface area contributed by atoms with E-state index in [-0.39, 0.29) is 11.8 Å². The molecule has 0 aromatic carbocycles. The number of nitrogens with zero attached hydrogens (tertiary/aromatic N) is 2. The Balaban J connectivity index is 1.45. The highest BCUT2D eigenvalue weighted by Gasteiger charge is 2.28. The maximum absolute atomic E-state index is 12.6. The lowest BCUT2D eigenvalue weighted by atomic mass is 9.84. The Bertz CT molecular complexity index is 547. The van der Waals surface area contributed by atoms with E-state index in [1.165, 1.54) is 24.2 Å². The Hall–Kier alpha value is -1.40. The highest BCUT2D eigenvalue weighted by atomic mass is 32.1. The van der Waals surface area contributed by atoms with Crippen LogP contribution in [0.5, 0.6) is 0 Å². The van der Waals surface area contributed by atoms with Gasteiger partial charge >= 0.3 is 0 Å².